The molecule has 1 atom stereocenters. The van der Waals surface area contributed by atoms with E-state index in [-0.39, 0.29) is 6.04 Å². The normalized spacial score (nSPS) is 13.1. The molecular weight excluding hydrogens is 282 g/mol. The molecule has 0 radical (unpaired) electrons. The number of rotatable bonds is 3. The van der Waals surface area contributed by atoms with Gasteiger partial charge in [0.1, 0.15) is 0 Å². The van der Waals surface area contributed by atoms with Crippen molar-refractivity contribution in [3.8, 4) is 0 Å². The van der Waals surface area contributed by atoms with Crippen LogP contribution in [-0.4, -0.2) is 6.21 Å². The lowest BCUT2D eigenvalue weighted by atomic mass is 10.1. The van der Waals surface area contributed by atoms with Gasteiger partial charge in [0.05, 0.1) is 9.83 Å². The molecule has 0 fully saturated rings. The summed E-state index contributed by atoms with van der Waals surface area (Å²) >= 11 is 5.13. The molecule has 2 rings (SSSR count). The minimum Gasteiger partial charge on any atom is -0.284 e. The maximum atomic E-state index is 4.54. The Balaban J connectivity index is 2.08. The molecule has 0 bridgehead atoms. The van der Waals surface area contributed by atoms with E-state index < -0.39 is 0 Å². The SMILES string of the molecule is C[C@@H](N=Cc1ccc(Br)s1)c1ccccc1. The van der Waals surface area contributed by atoms with E-state index in [2.05, 4.69) is 46.0 Å². The van der Waals surface area contributed by atoms with E-state index in [0.29, 0.717) is 0 Å². The molecule has 0 N–H and O–H groups in total. The quantitative estimate of drug-likeness (QED) is 0.728. The first-order chi connectivity index (χ1) is 7.75. The van der Waals surface area contributed by atoms with Crippen molar-refractivity contribution in [1.29, 1.82) is 0 Å². The molecular formula is C13H12BrNS. The van der Waals surface area contributed by atoms with Gasteiger partial charge in [0.15, 0.2) is 0 Å². The Bertz CT molecular complexity index is 476. The highest BCUT2D eigenvalue weighted by Crippen LogP contribution is 2.22. The Morgan fingerprint density at radius 2 is 1.94 bits per heavy atom. The maximum Gasteiger partial charge on any atom is 0.0721 e. The lowest BCUT2D eigenvalue weighted by Crippen LogP contribution is -1.89. The predicted molar refractivity (Wildman–Crippen MR) is 74.5 cm³/mol. The number of nitrogens with zero attached hydrogens (tertiary/aromatic N) is 1. The van der Waals surface area contributed by atoms with Crippen molar-refractivity contribution in [3.05, 3.63) is 56.7 Å². The number of hydrogen-bond donors (Lipinski definition) is 0. The standard InChI is InChI=1S/C13H12BrNS/c1-10(11-5-3-2-4-6-11)15-9-12-7-8-13(14)16-12/h2-10H,1H3/t10-/m1/s1. The molecule has 16 heavy (non-hydrogen) atoms. The summed E-state index contributed by atoms with van der Waals surface area (Å²) in [6.45, 7) is 2.11. The van der Waals surface area contributed by atoms with Crippen LogP contribution in [0.15, 0.2) is 51.2 Å². The third kappa shape index (κ3) is 3.03. The van der Waals surface area contributed by atoms with Crippen LogP contribution in [0.4, 0.5) is 0 Å². The zero-order valence-corrected chi connectivity index (χ0v) is 11.3. The zero-order chi connectivity index (χ0) is 11.4. The molecule has 1 aromatic heterocycles. The topological polar surface area (TPSA) is 12.4 Å². The van der Waals surface area contributed by atoms with Crippen LogP contribution in [-0.2, 0) is 0 Å². The molecule has 0 amide bonds. The third-order valence-corrected chi connectivity index (χ3v) is 3.86. The third-order valence-electron chi connectivity index (χ3n) is 2.30. The lowest BCUT2D eigenvalue weighted by Gasteiger charge is -2.04. The van der Waals surface area contributed by atoms with E-state index in [1.165, 1.54) is 10.4 Å². The van der Waals surface area contributed by atoms with Crippen molar-refractivity contribution in [1.82, 2.24) is 0 Å². The average molecular weight is 294 g/mol. The van der Waals surface area contributed by atoms with Gasteiger partial charge in [-0.15, -0.1) is 11.3 Å². The van der Waals surface area contributed by atoms with Crippen LogP contribution in [0, 0.1) is 0 Å². The fourth-order valence-electron chi connectivity index (χ4n) is 1.40. The van der Waals surface area contributed by atoms with Gasteiger partial charge in [0.2, 0.25) is 0 Å². The van der Waals surface area contributed by atoms with E-state index in [0.717, 1.165) is 3.79 Å². The molecule has 1 nitrogen and oxygen atoms in total. The van der Waals surface area contributed by atoms with Crippen molar-refractivity contribution >= 4 is 33.5 Å². The first-order valence-electron chi connectivity index (χ1n) is 5.09. The summed E-state index contributed by atoms with van der Waals surface area (Å²) in [6.07, 6.45) is 1.94. The molecule has 0 aliphatic heterocycles. The Labute approximate surface area is 108 Å². The number of hydrogen-bond acceptors (Lipinski definition) is 2. The second-order valence-electron chi connectivity index (χ2n) is 3.51. The van der Waals surface area contributed by atoms with Gasteiger partial charge in [-0.3, -0.25) is 4.99 Å². The van der Waals surface area contributed by atoms with Gasteiger partial charge >= 0.3 is 0 Å². The molecule has 0 unspecified atom stereocenters. The number of halogens is 1. The van der Waals surface area contributed by atoms with Crippen LogP contribution < -0.4 is 0 Å². The summed E-state index contributed by atoms with van der Waals surface area (Å²) in [5.41, 5.74) is 1.24. The lowest BCUT2D eigenvalue weighted by molar-refractivity contribution is 0.825. The second kappa shape index (κ2) is 5.41. The number of thiophene rings is 1. The molecule has 0 saturated heterocycles. The molecule has 0 saturated carbocycles. The van der Waals surface area contributed by atoms with Crippen LogP contribution >= 0.6 is 27.3 Å². The minimum atomic E-state index is 0.210. The maximum absolute atomic E-state index is 4.54. The Kier molecular flexibility index (Phi) is 3.91. The average Bonchev–Trinajstić information content (AvgIpc) is 2.73. The van der Waals surface area contributed by atoms with E-state index >= 15 is 0 Å². The van der Waals surface area contributed by atoms with E-state index in [4.69, 9.17) is 0 Å². The smallest absolute Gasteiger partial charge is 0.0721 e. The van der Waals surface area contributed by atoms with Gasteiger partial charge < -0.3 is 0 Å². The fraction of sp³-hybridized carbons (Fsp3) is 0.154. The highest BCUT2D eigenvalue weighted by Gasteiger charge is 2.01. The molecule has 0 aliphatic rings. The zero-order valence-electron chi connectivity index (χ0n) is 8.93. The van der Waals surface area contributed by atoms with Gasteiger partial charge in [-0.2, -0.15) is 0 Å². The van der Waals surface area contributed by atoms with Crippen LogP contribution in [0.2, 0.25) is 0 Å². The fourth-order valence-corrected chi connectivity index (χ4v) is 2.70. The Morgan fingerprint density at radius 3 is 2.56 bits per heavy atom. The Morgan fingerprint density at radius 1 is 1.19 bits per heavy atom. The van der Waals surface area contributed by atoms with Gasteiger partial charge in [0.25, 0.3) is 0 Å². The summed E-state index contributed by atoms with van der Waals surface area (Å²) in [5, 5.41) is 0. The second-order valence-corrected chi connectivity index (χ2v) is 6.00. The van der Waals surface area contributed by atoms with Crippen LogP contribution in [0.5, 0.6) is 0 Å². The first kappa shape index (κ1) is 11.6. The monoisotopic (exact) mass is 293 g/mol. The minimum absolute atomic E-state index is 0.210. The largest absolute Gasteiger partial charge is 0.284 e. The van der Waals surface area contributed by atoms with Gasteiger partial charge in [0, 0.05) is 11.1 Å². The highest BCUT2D eigenvalue weighted by atomic mass is 79.9. The highest BCUT2D eigenvalue weighted by molar-refractivity contribution is 9.11. The summed E-state index contributed by atoms with van der Waals surface area (Å²) in [4.78, 5) is 5.72. The number of benzene rings is 1. The van der Waals surface area contributed by atoms with Crippen molar-refractivity contribution < 1.29 is 0 Å². The molecule has 82 valence electrons. The summed E-state index contributed by atoms with van der Waals surface area (Å²) in [6, 6.07) is 14.6. The molecule has 0 spiro atoms. The summed E-state index contributed by atoms with van der Waals surface area (Å²) in [7, 11) is 0. The molecule has 0 aliphatic carbocycles. The van der Waals surface area contributed by atoms with E-state index in [1.54, 1.807) is 11.3 Å². The van der Waals surface area contributed by atoms with Crippen molar-refractivity contribution in [2.45, 2.75) is 13.0 Å². The summed E-state index contributed by atoms with van der Waals surface area (Å²) < 4.78 is 1.14. The van der Waals surface area contributed by atoms with Crippen LogP contribution in [0.3, 0.4) is 0 Å². The van der Waals surface area contributed by atoms with Gasteiger partial charge in [-0.1, -0.05) is 30.3 Å². The molecule has 2 aromatic rings. The molecule has 1 aromatic carbocycles. The van der Waals surface area contributed by atoms with E-state index in [9.17, 15) is 0 Å². The van der Waals surface area contributed by atoms with Gasteiger partial charge in [-0.25, -0.2) is 0 Å². The molecule has 1 heterocycles. The van der Waals surface area contributed by atoms with Crippen molar-refractivity contribution in [2.24, 2.45) is 4.99 Å². The predicted octanol–water partition coefficient (Wildman–Crippen LogP) is 4.69. The van der Waals surface area contributed by atoms with E-state index in [1.807, 2.05) is 30.5 Å². The molecule has 3 heteroatoms. The first-order valence-corrected chi connectivity index (χ1v) is 6.70. The van der Waals surface area contributed by atoms with Crippen molar-refractivity contribution in [2.75, 3.05) is 0 Å². The number of aliphatic imine (C=N–C) groups is 1. The van der Waals surface area contributed by atoms with Crippen LogP contribution in [0.1, 0.15) is 23.4 Å². The van der Waals surface area contributed by atoms with Crippen molar-refractivity contribution in [3.63, 3.8) is 0 Å². The Hall–Kier alpha value is -0.930. The summed E-state index contributed by atoms with van der Waals surface area (Å²) in [5.74, 6) is 0. The van der Waals surface area contributed by atoms with Crippen LogP contribution in [0.25, 0.3) is 0 Å². The van der Waals surface area contributed by atoms with Gasteiger partial charge in [-0.05, 0) is 40.5 Å².